The largest absolute Gasteiger partial charge is 0.462 e. The van der Waals surface area contributed by atoms with E-state index in [2.05, 4.69) is 29.4 Å². The summed E-state index contributed by atoms with van der Waals surface area (Å²) in [4.78, 5) is 7.09. The Morgan fingerprint density at radius 1 is 1.25 bits per heavy atom. The SMILES string of the molecule is Cc1ccc(-c2csc(-c3ccco3)n2)s1. The first-order valence-corrected chi connectivity index (χ1v) is 6.59. The number of nitrogens with zero attached hydrogens (tertiary/aromatic N) is 1. The lowest BCUT2D eigenvalue weighted by Crippen LogP contribution is -1.73. The van der Waals surface area contributed by atoms with Gasteiger partial charge in [-0.05, 0) is 31.2 Å². The molecule has 3 rings (SSSR count). The second kappa shape index (κ2) is 3.88. The van der Waals surface area contributed by atoms with Gasteiger partial charge in [0.15, 0.2) is 10.8 Å². The zero-order chi connectivity index (χ0) is 11.0. The van der Waals surface area contributed by atoms with Gasteiger partial charge in [-0.3, -0.25) is 0 Å². The van der Waals surface area contributed by atoms with Crippen LogP contribution in [0.2, 0.25) is 0 Å². The van der Waals surface area contributed by atoms with Crippen molar-refractivity contribution in [3.05, 3.63) is 40.8 Å². The highest BCUT2D eigenvalue weighted by molar-refractivity contribution is 7.16. The number of hydrogen-bond acceptors (Lipinski definition) is 4. The Bertz CT molecular complexity index is 592. The van der Waals surface area contributed by atoms with Crippen LogP contribution in [0.15, 0.2) is 40.3 Å². The van der Waals surface area contributed by atoms with Crippen molar-refractivity contribution < 1.29 is 4.42 Å². The van der Waals surface area contributed by atoms with E-state index in [1.807, 2.05) is 12.1 Å². The molecular weight excluding hydrogens is 238 g/mol. The lowest BCUT2D eigenvalue weighted by molar-refractivity contribution is 0.582. The summed E-state index contributed by atoms with van der Waals surface area (Å²) < 4.78 is 5.33. The molecule has 0 saturated heterocycles. The summed E-state index contributed by atoms with van der Waals surface area (Å²) >= 11 is 3.38. The van der Waals surface area contributed by atoms with Gasteiger partial charge in [-0.1, -0.05) is 0 Å². The summed E-state index contributed by atoms with van der Waals surface area (Å²) in [5.41, 5.74) is 1.04. The van der Waals surface area contributed by atoms with Crippen molar-refractivity contribution in [3.63, 3.8) is 0 Å². The highest BCUT2D eigenvalue weighted by atomic mass is 32.1. The molecule has 80 valence electrons. The third-order valence-corrected chi connectivity index (χ3v) is 4.11. The van der Waals surface area contributed by atoms with Gasteiger partial charge in [-0.15, -0.1) is 22.7 Å². The van der Waals surface area contributed by atoms with Gasteiger partial charge < -0.3 is 4.42 Å². The Morgan fingerprint density at radius 3 is 2.88 bits per heavy atom. The van der Waals surface area contributed by atoms with Crippen LogP contribution in [0, 0.1) is 6.92 Å². The summed E-state index contributed by atoms with van der Waals surface area (Å²) in [6.07, 6.45) is 1.67. The highest BCUT2D eigenvalue weighted by Gasteiger charge is 2.09. The molecule has 0 radical (unpaired) electrons. The molecule has 0 spiro atoms. The molecule has 4 heteroatoms. The average Bonchev–Trinajstić information content (AvgIpc) is 2.97. The Labute approximate surface area is 101 Å². The van der Waals surface area contributed by atoms with Crippen LogP contribution in [-0.2, 0) is 0 Å². The van der Waals surface area contributed by atoms with Crippen LogP contribution in [0.25, 0.3) is 21.3 Å². The van der Waals surface area contributed by atoms with E-state index in [0.717, 1.165) is 16.5 Å². The van der Waals surface area contributed by atoms with Crippen molar-refractivity contribution in [2.24, 2.45) is 0 Å². The van der Waals surface area contributed by atoms with Crippen LogP contribution in [-0.4, -0.2) is 4.98 Å². The number of thiophene rings is 1. The van der Waals surface area contributed by atoms with E-state index in [-0.39, 0.29) is 0 Å². The van der Waals surface area contributed by atoms with Crippen LogP contribution < -0.4 is 0 Å². The fourth-order valence-corrected chi connectivity index (χ4v) is 3.16. The van der Waals surface area contributed by atoms with Gasteiger partial charge in [0.1, 0.15) is 0 Å². The van der Waals surface area contributed by atoms with E-state index in [4.69, 9.17) is 4.42 Å². The van der Waals surface area contributed by atoms with Crippen molar-refractivity contribution in [2.45, 2.75) is 6.92 Å². The fraction of sp³-hybridized carbons (Fsp3) is 0.0833. The smallest absolute Gasteiger partial charge is 0.162 e. The molecule has 0 fully saturated rings. The number of thiazole rings is 1. The van der Waals surface area contributed by atoms with Gasteiger partial charge in [-0.2, -0.15) is 0 Å². The molecule has 0 N–H and O–H groups in total. The molecule has 0 aliphatic rings. The van der Waals surface area contributed by atoms with E-state index >= 15 is 0 Å². The average molecular weight is 247 g/mol. The van der Waals surface area contributed by atoms with E-state index < -0.39 is 0 Å². The summed E-state index contributed by atoms with van der Waals surface area (Å²) in [6, 6.07) is 8.04. The third-order valence-electron chi connectivity index (χ3n) is 2.23. The minimum Gasteiger partial charge on any atom is -0.462 e. The molecule has 0 aromatic carbocycles. The maximum Gasteiger partial charge on any atom is 0.162 e. The number of furan rings is 1. The van der Waals surface area contributed by atoms with Crippen molar-refractivity contribution in [2.75, 3.05) is 0 Å². The first-order valence-electron chi connectivity index (χ1n) is 4.89. The highest BCUT2D eigenvalue weighted by Crippen LogP contribution is 2.32. The summed E-state index contributed by atoms with van der Waals surface area (Å²) in [5, 5.41) is 3.01. The standard InChI is InChI=1S/C12H9NOS2/c1-8-4-5-11(16-8)9-7-15-12(13-9)10-3-2-6-14-10/h2-7H,1H3. The van der Waals surface area contributed by atoms with Gasteiger partial charge in [0.25, 0.3) is 0 Å². The van der Waals surface area contributed by atoms with Crippen molar-refractivity contribution in [1.29, 1.82) is 0 Å². The van der Waals surface area contributed by atoms with Crippen molar-refractivity contribution in [1.82, 2.24) is 4.98 Å². The first kappa shape index (κ1) is 9.81. The summed E-state index contributed by atoms with van der Waals surface area (Å²) in [5.74, 6) is 0.838. The van der Waals surface area contributed by atoms with Crippen LogP contribution in [0.5, 0.6) is 0 Å². The lowest BCUT2D eigenvalue weighted by Gasteiger charge is -1.88. The Balaban J connectivity index is 2.00. The number of rotatable bonds is 2. The fourth-order valence-electron chi connectivity index (χ4n) is 1.47. The van der Waals surface area contributed by atoms with Crippen LogP contribution in [0.3, 0.4) is 0 Å². The van der Waals surface area contributed by atoms with Gasteiger partial charge in [0.05, 0.1) is 16.8 Å². The Hall–Kier alpha value is -1.39. The Kier molecular flexibility index (Phi) is 2.38. The maximum atomic E-state index is 5.33. The molecule has 0 bridgehead atoms. The van der Waals surface area contributed by atoms with E-state index in [9.17, 15) is 0 Å². The molecule has 0 aliphatic heterocycles. The van der Waals surface area contributed by atoms with Gasteiger partial charge in [0.2, 0.25) is 0 Å². The number of hydrogen-bond donors (Lipinski definition) is 0. The minimum atomic E-state index is 0.838. The predicted octanol–water partition coefficient (Wildman–Crippen LogP) is 4.44. The zero-order valence-corrected chi connectivity index (χ0v) is 10.3. The molecule has 3 heterocycles. The van der Waals surface area contributed by atoms with E-state index in [0.29, 0.717) is 0 Å². The number of aromatic nitrogens is 1. The Morgan fingerprint density at radius 2 is 2.19 bits per heavy atom. The van der Waals surface area contributed by atoms with Gasteiger partial charge >= 0.3 is 0 Å². The predicted molar refractivity (Wildman–Crippen MR) is 67.9 cm³/mol. The molecule has 16 heavy (non-hydrogen) atoms. The van der Waals surface area contributed by atoms with E-state index in [1.165, 1.54) is 9.75 Å². The van der Waals surface area contributed by atoms with Crippen molar-refractivity contribution >= 4 is 22.7 Å². The first-order chi connectivity index (χ1) is 7.83. The lowest BCUT2D eigenvalue weighted by atomic mass is 10.4. The molecule has 0 aliphatic carbocycles. The normalized spacial score (nSPS) is 10.8. The molecule has 0 saturated carbocycles. The van der Waals surface area contributed by atoms with Crippen LogP contribution in [0.4, 0.5) is 0 Å². The summed E-state index contributed by atoms with van der Waals surface area (Å²) in [7, 11) is 0. The minimum absolute atomic E-state index is 0.838. The molecule has 2 nitrogen and oxygen atoms in total. The van der Waals surface area contributed by atoms with E-state index in [1.54, 1.807) is 28.9 Å². The van der Waals surface area contributed by atoms with Crippen LogP contribution in [0.1, 0.15) is 4.88 Å². The monoisotopic (exact) mass is 247 g/mol. The quantitative estimate of drug-likeness (QED) is 0.669. The second-order valence-electron chi connectivity index (χ2n) is 3.43. The van der Waals surface area contributed by atoms with Crippen molar-refractivity contribution in [3.8, 4) is 21.3 Å². The van der Waals surface area contributed by atoms with Crippen LogP contribution >= 0.6 is 22.7 Å². The zero-order valence-electron chi connectivity index (χ0n) is 8.64. The molecule has 0 amide bonds. The second-order valence-corrected chi connectivity index (χ2v) is 5.57. The molecule has 3 aromatic rings. The molecule has 0 atom stereocenters. The molecular formula is C12H9NOS2. The molecule has 0 unspecified atom stereocenters. The molecule has 3 aromatic heterocycles. The van der Waals surface area contributed by atoms with Gasteiger partial charge in [0, 0.05) is 10.3 Å². The third kappa shape index (κ3) is 1.70. The maximum absolute atomic E-state index is 5.33. The van der Waals surface area contributed by atoms with Gasteiger partial charge in [-0.25, -0.2) is 4.98 Å². The number of aryl methyl sites for hydroxylation is 1. The summed E-state index contributed by atoms with van der Waals surface area (Å²) in [6.45, 7) is 2.11. The topological polar surface area (TPSA) is 26.0 Å².